The van der Waals surface area contributed by atoms with E-state index >= 15 is 0 Å². The van der Waals surface area contributed by atoms with Crippen molar-refractivity contribution in [1.29, 1.82) is 0 Å². The van der Waals surface area contributed by atoms with Crippen LogP contribution in [0.5, 0.6) is 11.5 Å². The fourth-order valence-electron chi connectivity index (χ4n) is 7.57. The third-order valence-electron chi connectivity index (χ3n) is 10.1. The molecular weight excluding hydrogens is 707 g/mol. The number of fused-ring (bicyclic) bond motifs is 8. The molecule has 0 saturated heterocycles. The lowest BCUT2D eigenvalue weighted by Gasteiger charge is -2.32. The molecule has 2 aliphatic rings. The lowest BCUT2D eigenvalue weighted by molar-refractivity contribution is 0.487. The van der Waals surface area contributed by atoms with E-state index in [1.165, 1.54) is 13.8 Å². The summed E-state index contributed by atoms with van der Waals surface area (Å²) in [5.41, 5.74) is -11.3. The van der Waals surface area contributed by atoms with Crippen LogP contribution in [0.15, 0.2) is 192 Å². The molecule has 0 atom stereocenters. The van der Waals surface area contributed by atoms with Gasteiger partial charge in [-0.1, -0.05) is 153 Å². The lowest BCUT2D eigenvalue weighted by atomic mass is 9.81. The molecule has 0 fully saturated rings. The Labute approximate surface area is 380 Å². The predicted octanol–water partition coefficient (Wildman–Crippen LogP) is 15.6. The summed E-state index contributed by atoms with van der Waals surface area (Å²) in [5, 5.41) is -2.06. The quantitative estimate of drug-likeness (QED) is 0.174. The molecule has 1 aliphatic heterocycles. The van der Waals surface area contributed by atoms with Crippen molar-refractivity contribution in [1.82, 2.24) is 0 Å². The zero-order valence-electron chi connectivity index (χ0n) is 60.8. The number of benzene rings is 9. The van der Waals surface area contributed by atoms with E-state index in [9.17, 15) is 20.6 Å². The summed E-state index contributed by atoms with van der Waals surface area (Å²) < 4.78 is 296. The van der Waals surface area contributed by atoms with E-state index in [2.05, 4.69) is 0 Å². The Hall–Kier alpha value is -7.36. The fourth-order valence-corrected chi connectivity index (χ4v) is 7.57. The summed E-state index contributed by atoms with van der Waals surface area (Å²) >= 11 is 0. The fraction of sp³-hybridized carbons (Fsp3) is 0.0545. The Kier molecular flexibility index (Phi) is 3.09. The molecule has 0 bridgehead atoms. The van der Waals surface area contributed by atoms with Crippen molar-refractivity contribution in [2.24, 2.45) is 0 Å². The summed E-state index contributed by atoms with van der Waals surface area (Å²) in [7, 11) is 0. The first-order valence-corrected chi connectivity index (χ1v) is 17.5. The molecule has 9 aromatic carbocycles. The average Bonchev–Trinajstić information content (AvgIpc) is 1.70. The highest BCUT2D eigenvalue weighted by atomic mass is 16.5. The number of hydrogen-bond acceptors (Lipinski definition) is 3. The van der Waals surface area contributed by atoms with Gasteiger partial charge < -0.3 is 14.1 Å². The summed E-state index contributed by atoms with van der Waals surface area (Å²) in [5.74, 6) is -1.52. The van der Waals surface area contributed by atoms with Gasteiger partial charge >= 0.3 is 0 Å². The van der Waals surface area contributed by atoms with Gasteiger partial charge in [0, 0.05) is 32.8 Å². The Morgan fingerprint density at radius 3 is 2.03 bits per heavy atom. The number of para-hydroxylation sites is 2. The van der Waals surface area contributed by atoms with Crippen LogP contribution in [0.2, 0.25) is 0 Å². The average molecular weight is 775 g/mol. The number of nitrogens with zero attached hydrogens (tertiary/aromatic N) is 1. The molecule has 3 nitrogen and oxygen atoms in total. The first-order valence-electron chi connectivity index (χ1n) is 33.0. The van der Waals surface area contributed by atoms with Gasteiger partial charge in [-0.05, 0) is 104 Å². The largest absolute Gasteiger partial charge is 0.456 e. The molecule has 58 heavy (non-hydrogen) atoms. The van der Waals surface area contributed by atoms with E-state index in [0.29, 0.717) is 4.90 Å². The maximum atomic E-state index is 9.97. The van der Waals surface area contributed by atoms with Crippen molar-refractivity contribution in [3.05, 3.63) is 198 Å². The molecule has 0 unspecified atom stereocenters. The van der Waals surface area contributed by atoms with E-state index in [4.69, 9.17) is 31.1 Å². The van der Waals surface area contributed by atoms with Gasteiger partial charge in [0.05, 0.1) is 53.9 Å². The minimum Gasteiger partial charge on any atom is -0.456 e. The highest BCUT2D eigenvalue weighted by Crippen LogP contribution is 2.55. The number of hydrogen-bond donors (Lipinski definition) is 0. The van der Waals surface area contributed by atoms with E-state index in [1.54, 1.807) is 0 Å². The molecule has 274 valence electrons. The van der Waals surface area contributed by atoms with Gasteiger partial charge in [-0.3, -0.25) is 0 Å². The molecule has 0 N–H and O–H groups in total. The maximum Gasteiger partial charge on any atom is 0.159 e. The second-order valence-electron chi connectivity index (χ2n) is 13.7. The van der Waals surface area contributed by atoms with E-state index < -0.39 is 293 Å². The van der Waals surface area contributed by atoms with Crippen molar-refractivity contribution in [2.75, 3.05) is 4.90 Å². The van der Waals surface area contributed by atoms with Crippen LogP contribution in [-0.2, 0) is 5.41 Å². The van der Waals surface area contributed by atoms with Crippen molar-refractivity contribution in [3.8, 4) is 56.0 Å². The first kappa shape index (κ1) is 14.5. The maximum absolute atomic E-state index is 9.97. The van der Waals surface area contributed by atoms with Gasteiger partial charge in [-0.15, -0.1) is 0 Å². The third-order valence-corrected chi connectivity index (χ3v) is 10.1. The van der Waals surface area contributed by atoms with Gasteiger partial charge in [0.2, 0.25) is 0 Å². The van der Waals surface area contributed by atoms with E-state index in [-0.39, 0.29) is 16.7 Å². The van der Waals surface area contributed by atoms with Gasteiger partial charge in [-0.25, -0.2) is 0 Å². The molecule has 3 heteroatoms. The summed E-state index contributed by atoms with van der Waals surface area (Å²) in [6, 6.07) is -28.3. The van der Waals surface area contributed by atoms with Gasteiger partial charge in [0.25, 0.3) is 0 Å². The van der Waals surface area contributed by atoms with Crippen LogP contribution in [0.1, 0.15) is 67.5 Å². The lowest BCUT2D eigenvalue weighted by Crippen LogP contribution is -2.20. The molecule has 10 aromatic rings. The van der Waals surface area contributed by atoms with Crippen molar-refractivity contribution in [2.45, 2.75) is 19.3 Å². The van der Waals surface area contributed by atoms with E-state index in [0.717, 1.165) is 0 Å². The molecule has 1 aliphatic carbocycles. The Morgan fingerprint density at radius 1 is 0.466 bits per heavy atom. The van der Waals surface area contributed by atoms with Crippen molar-refractivity contribution < 1.29 is 51.6 Å². The molecular formula is C55H37NO2. The van der Waals surface area contributed by atoms with Crippen molar-refractivity contribution >= 4 is 49.8 Å². The van der Waals surface area contributed by atoms with Crippen LogP contribution in [0.25, 0.3) is 77.2 Å². The molecule has 0 radical (unpaired) electrons. The van der Waals surface area contributed by atoms with E-state index in [1.807, 2.05) is 0 Å². The van der Waals surface area contributed by atoms with Gasteiger partial charge in [-0.2, -0.15) is 0 Å². The number of anilines is 3. The highest BCUT2D eigenvalue weighted by Gasteiger charge is 2.39. The molecule has 0 spiro atoms. The van der Waals surface area contributed by atoms with Crippen LogP contribution >= 0.6 is 0 Å². The Bertz CT molecular complexity index is 5050. The van der Waals surface area contributed by atoms with Gasteiger partial charge in [0.1, 0.15) is 17.1 Å². The second kappa shape index (κ2) is 12.3. The highest BCUT2D eigenvalue weighted by molar-refractivity contribution is 6.11. The molecule has 2 heterocycles. The molecule has 0 saturated carbocycles. The van der Waals surface area contributed by atoms with Crippen molar-refractivity contribution in [3.63, 3.8) is 0 Å². The summed E-state index contributed by atoms with van der Waals surface area (Å²) in [6.07, 6.45) is 0. The minimum atomic E-state index is -1.82. The molecule has 12 rings (SSSR count). The number of ether oxygens (including phenoxy) is 1. The smallest absolute Gasteiger partial charge is 0.159 e. The molecule has 0 amide bonds. The second-order valence-corrected chi connectivity index (χ2v) is 13.7. The monoisotopic (exact) mass is 774 g/mol. The van der Waals surface area contributed by atoms with Crippen LogP contribution in [0, 0.1) is 0 Å². The predicted molar refractivity (Wildman–Crippen MR) is 240 cm³/mol. The SMILES string of the molecule is [2H]c1c([2H])c([2H])c(-c2c([2H])c([2H])c3c4c(c([2H])c([2H])c([2H])c24)-c2c([2H])c([2H])c(-c4c([2H])c([2H])c(N(c5c([2H])c([2H])c([2H])c6c5C(C)(C)c5c([2H])c([2H])c([2H])c([2H])c5-6)c5c([2H])c([2H])c([2H])c6c5oc5c([2H])c([2H])c([2H])c([2H])c56)c([2H])c4[2H])c([2H])c2O3)c([2H])c1[2H]. The number of rotatable bonds is 5. The summed E-state index contributed by atoms with van der Waals surface area (Å²) in [6.45, 7) is 2.84. The van der Waals surface area contributed by atoms with Crippen LogP contribution in [-0.4, -0.2) is 0 Å². The zero-order valence-corrected chi connectivity index (χ0v) is 29.8. The number of furan rings is 1. The first-order chi connectivity index (χ1) is 41.4. The van der Waals surface area contributed by atoms with Crippen LogP contribution in [0.4, 0.5) is 17.1 Å². The minimum absolute atomic E-state index is 0.173. The Morgan fingerprint density at radius 2 is 1.14 bits per heavy atom. The zero-order chi connectivity index (χ0) is 65.5. The topological polar surface area (TPSA) is 25.6 Å². The van der Waals surface area contributed by atoms with Crippen LogP contribution in [0.3, 0.4) is 0 Å². The Balaban J connectivity index is 1.20. The standard InChI is InChI=1S/C55H37NO2/c1-55(2)46-21-8-6-15-39(46)44-19-11-22-47(53(44)55)56(48-23-12-20-45-40-16-7-9-24-49(40)58-54(45)48)37-28-25-34(26-29-37)36-27-30-41-43-18-10-17-42-38(35-13-4-3-5-14-35)31-32-50(52(42)43)57-51(41)33-36/h3-33H,1-2H3/i3D,4D,5D,6D,7D,8D,9D,10D,11D,12D,13D,14D,15D,16D,17D,18D,19D,20D,21D,22D,23D,24D,25D,26D,27D,28D,29D,30D,31D,32D,33D. The summed E-state index contributed by atoms with van der Waals surface area (Å²) in [4.78, 5) is 0.655. The normalized spacial score (nSPS) is 20.8. The van der Waals surface area contributed by atoms with Crippen LogP contribution < -0.4 is 9.64 Å². The van der Waals surface area contributed by atoms with Gasteiger partial charge in [0.15, 0.2) is 5.58 Å². The molecule has 1 aromatic heterocycles. The third kappa shape index (κ3) is 4.74.